The van der Waals surface area contributed by atoms with E-state index in [0.29, 0.717) is 0 Å². The molecule has 0 aliphatic carbocycles. The van der Waals surface area contributed by atoms with E-state index in [4.69, 9.17) is 20.9 Å². The van der Waals surface area contributed by atoms with Crippen LogP contribution in [-0.2, 0) is 28.7 Å². The zero-order valence-corrected chi connectivity index (χ0v) is 14.0. The number of nitrogens with two attached hydrogens (primary N) is 2. The minimum absolute atomic E-state index is 0.145. The predicted octanol–water partition coefficient (Wildman–Crippen LogP) is -1.69. The SMILES string of the molecule is NCCOC(CC(=O)O)(CC(=O)O)C(CC(=O)O)(CC(=O)O)OCCN. The summed E-state index contributed by atoms with van der Waals surface area (Å²) in [6.07, 6.45) is -4.04. The fraction of sp³-hybridized carbons (Fsp3) is 0.714. The molecular formula is C14H24N2O10. The van der Waals surface area contributed by atoms with E-state index in [-0.39, 0.29) is 26.3 Å². The Labute approximate surface area is 148 Å². The molecular weight excluding hydrogens is 356 g/mol. The summed E-state index contributed by atoms with van der Waals surface area (Å²) in [5.74, 6) is -6.11. The summed E-state index contributed by atoms with van der Waals surface area (Å²) in [5.41, 5.74) is 6.07. The van der Waals surface area contributed by atoms with Crippen LogP contribution < -0.4 is 11.5 Å². The third-order valence-corrected chi connectivity index (χ3v) is 3.57. The zero-order chi connectivity index (χ0) is 20.4. The molecule has 0 heterocycles. The monoisotopic (exact) mass is 380 g/mol. The Morgan fingerprint density at radius 3 is 1.00 bits per heavy atom. The van der Waals surface area contributed by atoms with Gasteiger partial charge >= 0.3 is 23.9 Å². The first kappa shape index (κ1) is 23.7. The van der Waals surface area contributed by atoms with E-state index in [2.05, 4.69) is 0 Å². The molecule has 0 amide bonds. The van der Waals surface area contributed by atoms with Crippen LogP contribution in [0.25, 0.3) is 0 Å². The normalized spacial score (nSPS) is 11.9. The highest BCUT2D eigenvalue weighted by Crippen LogP contribution is 2.42. The Kier molecular flexibility index (Phi) is 9.72. The molecule has 0 saturated heterocycles. The van der Waals surface area contributed by atoms with Crippen LogP contribution in [-0.4, -0.2) is 81.8 Å². The van der Waals surface area contributed by atoms with Gasteiger partial charge in [-0.05, 0) is 0 Å². The number of carbonyl (C=O) groups is 4. The summed E-state index contributed by atoms with van der Waals surface area (Å²) >= 11 is 0. The van der Waals surface area contributed by atoms with Crippen molar-refractivity contribution in [3.63, 3.8) is 0 Å². The average Bonchev–Trinajstić information content (AvgIpc) is 2.47. The van der Waals surface area contributed by atoms with Gasteiger partial charge in [-0.25, -0.2) is 0 Å². The van der Waals surface area contributed by atoms with Crippen LogP contribution in [0.1, 0.15) is 25.7 Å². The molecule has 0 aromatic rings. The van der Waals surface area contributed by atoms with Gasteiger partial charge < -0.3 is 41.4 Å². The van der Waals surface area contributed by atoms with Crippen LogP contribution in [0.5, 0.6) is 0 Å². The molecule has 0 bridgehead atoms. The molecule has 0 aromatic heterocycles. The van der Waals surface area contributed by atoms with Gasteiger partial charge in [-0.1, -0.05) is 0 Å². The summed E-state index contributed by atoms with van der Waals surface area (Å²) in [5, 5.41) is 37.0. The lowest BCUT2D eigenvalue weighted by Crippen LogP contribution is -2.62. The summed E-state index contributed by atoms with van der Waals surface area (Å²) in [6, 6.07) is 0. The van der Waals surface area contributed by atoms with Crippen molar-refractivity contribution < 1.29 is 49.1 Å². The van der Waals surface area contributed by atoms with E-state index in [1.54, 1.807) is 0 Å². The van der Waals surface area contributed by atoms with Crippen molar-refractivity contribution >= 4 is 23.9 Å². The average molecular weight is 380 g/mol. The van der Waals surface area contributed by atoms with E-state index < -0.39 is 60.8 Å². The van der Waals surface area contributed by atoms with E-state index in [9.17, 15) is 39.6 Å². The number of carboxylic acid groups (broad SMARTS) is 4. The maximum absolute atomic E-state index is 11.4. The smallest absolute Gasteiger partial charge is 0.306 e. The van der Waals surface area contributed by atoms with Crippen LogP contribution in [0.3, 0.4) is 0 Å². The van der Waals surface area contributed by atoms with Gasteiger partial charge in [0.2, 0.25) is 0 Å². The molecule has 0 rings (SSSR count). The van der Waals surface area contributed by atoms with E-state index in [1.165, 1.54) is 0 Å². The largest absolute Gasteiger partial charge is 0.481 e. The van der Waals surface area contributed by atoms with Crippen LogP contribution in [0.2, 0.25) is 0 Å². The third-order valence-electron chi connectivity index (χ3n) is 3.57. The highest BCUT2D eigenvalue weighted by molar-refractivity contribution is 5.77. The fourth-order valence-electron chi connectivity index (χ4n) is 2.72. The second kappa shape index (κ2) is 10.7. The summed E-state index contributed by atoms with van der Waals surface area (Å²) < 4.78 is 10.8. The van der Waals surface area contributed by atoms with Crippen LogP contribution in [0.4, 0.5) is 0 Å². The zero-order valence-electron chi connectivity index (χ0n) is 14.0. The maximum Gasteiger partial charge on any atom is 0.306 e. The lowest BCUT2D eigenvalue weighted by atomic mass is 9.73. The van der Waals surface area contributed by atoms with Crippen molar-refractivity contribution in [3.8, 4) is 0 Å². The van der Waals surface area contributed by atoms with Crippen molar-refractivity contribution in [1.82, 2.24) is 0 Å². The number of ether oxygens (including phenoxy) is 2. The minimum Gasteiger partial charge on any atom is -0.481 e. The van der Waals surface area contributed by atoms with Gasteiger partial charge in [-0.15, -0.1) is 0 Å². The Balaban J connectivity index is 6.50. The molecule has 0 saturated carbocycles. The Hall–Kier alpha value is -2.28. The summed E-state index contributed by atoms with van der Waals surface area (Å²) in [6.45, 7) is -0.969. The second-order valence-corrected chi connectivity index (χ2v) is 5.54. The molecule has 0 atom stereocenters. The van der Waals surface area contributed by atoms with Crippen molar-refractivity contribution in [2.75, 3.05) is 26.3 Å². The maximum atomic E-state index is 11.4. The summed E-state index contributed by atoms with van der Waals surface area (Å²) in [7, 11) is 0. The topological polar surface area (TPSA) is 220 Å². The van der Waals surface area contributed by atoms with Gasteiger partial charge in [0.25, 0.3) is 0 Å². The Morgan fingerprint density at radius 2 is 0.846 bits per heavy atom. The standard InChI is InChI=1S/C14H24N2O10/c15-1-3-25-13(5-9(17)18,6-10(19)20)14(7-11(21)22,8-12(23)24)26-4-2-16/h1-8,15-16H2,(H,17,18)(H,19,20)(H,21,22)(H,23,24). The molecule has 0 aliphatic heterocycles. The molecule has 0 aromatic carbocycles. The quantitative estimate of drug-likeness (QED) is 0.187. The Morgan fingerprint density at radius 1 is 0.615 bits per heavy atom. The second-order valence-electron chi connectivity index (χ2n) is 5.54. The lowest BCUT2D eigenvalue weighted by Gasteiger charge is -2.47. The molecule has 12 nitrogen and oxygen atoms in total. The minimum atomic E-state index is -2.30. The van der Waals surface area contributed by atoms with Crippen molar-refractivity contribution in [2.24, 2.45) is 11.5 Å². The van der Waals surface area contributed by atoms with Gasteiger partial charge in [0.05, 0.1) is 38.9 Å². The van der Waals surface area contributed by atoms with Gasteiger partial charge in [-0.2, -0.15) is 0 Å². The first-order valence-corrected chi connectivity index (χ1v) is 7.59. The van der Waals surface area contributed by atoms with E-state index in [1.807, 2.05) is 0 Å². The highest BCUT2D eigenvalue weighted by Gasteiger charge is 2.58. The number of hydrogen-bond acceptors (Lipinski definition) is 8. The Bertz CT molecular complexity index is 444. The first-order chi connectivity index (χ1) is 12.0. The number of rotatable bonds is 15. The van der Waals surface area contributed by atoms with Gasteiger partial charge in [0, 0.05) is 13.1 Å². The molecule has 0 unspecified atom stereocenters. The van der Waals surface area contributed by atoms with Gasteiger partial charge in [-0.3, -0.25) is 19.2 Å². The highest BCUT2D eigenvalue weighted by atomic mass is 16.6. The lowest BCUT2D eigenvalue weighted by molar-refractivity contribution is -0.229. The predicted molar refractivity (Wildman–Crippen MR) is 84.5 cm³/mol. The van der Waals surface area contributed by atoms with Gasteiger partial charge in [0.1, 0.15) is 11.2 Å². The molecule has 0 spiro atoms. The van der Waals surface area contributed by atoms with Gasteiger partial charge in [0.15, 0.2) is 0 Å². The molecule has 150 valence electrons. The van der Waals surface area contributed by atoms with E-state index >= 15 is 0 Å². The summed E-state index contributed by atoms with van der Waals surface area (Å²) in [4.78, 5) is 45.5. The van der Waals surface area contributed by atoms with E-state index in [0.717, 1.165) is 0 Å². The molecule has 12 heteroatoms. The molecule has 0 aliphatic rings. The van der Waals surface area contributed by atoms with Crippen LogP contribution in [0.15, 0.2) is 0 Å². The van der Waals surface area contributed by atoms with Crippen molar-refractivity contribution in [2.45, 2.75) is 36.9 Å². The number of carboxylic acids is 4. The number of aliphatic carboxylic acids is 4. The molecule has 0 radical (unpaired) electrons. The third kappa shape index (κ3) is 6.92. The first-order valence-electron chi connectivity index (χ1n) is 7.59. The van der Waals surface area contributed by atoms with Crippen LogP contribution >= 0.6 is 0 Å². The molecule has 26 heavy (non-hydrogen) atoms. The van der Waals surface area contributed by atoms with Crippen molar-refractivity contribution in [1.29, 1.82) is 0 Å². The fourth-order valence-corrected chi connectivity index (χ4v) is 2.72. The van der Waals surface area contributed by atoms with Crippen molar-refractivity contribution in [3.05, 3.63) is 0 Å². The van der Waals surface area contributed by atoms with Crippen LogP contribution in [0, 0.1) is 0 Å². The molecule has 8 N–H and O–H groups in total. The number of hydrogen-bond donors (Lipinski definition) is 6. The molecule has 0 fully saturated rings.